The molecule has 0 saturated heterocycles. The standard InChI is InChI=1S/C23H14I4N2/c24-16-1-3-18(26)22-14(16)8-12-6-10-5-11(20(12)28-22)7-13-9-15-17(25)2-4-19(27)23(15)29-21(10)13/h1-4,8-11H,5-7H2/t10-,11-/m1/s1. The Kier molecular flexibility index (Phi) is 5.03. The van der Waals surface area contributed by atoms with Crippen LogP contribution in [0.3, 0.4) is 0 Å². The summed E-state index contributed by atoms with van der Waals surface area (Å²) in [5, 5.41) is 2.60. The number of pyridine rings is 2. The molecule has 0 amide bonds. The van der Waals surface area contributed by atoms with Crippen LogP contribution in [0.1, 0.15) is 40.8 Å². The molecule has 29 heavy (non-hydrogen) atoms. The van der Waals surface area contributed by atoms with E-state index < -0.39 is 0 Å². The Hall–Kier alpha value is 0.180. The minimum absolute atomic E-state index is 0.508. The van der Waals surface area contributed by atoms with E-state index in [0.717, 1.165) is 12.8 Å². The van der Waals surface area contributed by atoms with Gasteiger partial charge < -0.3 is 0 Å². The van der Waals surface area contributed by atoms with Crippen LogP contribution in [0.15, 0.2) is 36.4 Å². The van der Waals surface area contributed by atoms with Gasteiger partial charge in [-0.05, 0) is 157 Å². The van der Waals surface area contributed by atoms with Gasteiger partial charge in [-0.2, -0.15) is 0 Å². The Morgan fingerprint density at radius 3 is 1.48 bits per heavy atom. The third kappa shape index (κ3) is 3.16. The van der Waals surface area contributed by atoms with Crippen LogP contribution in [-0.2, 0) is 12.8 Å². The fourth-order valence-electron chi connectivity index (χ4n) is 4.99. The van der Waals surface area contributed by atoms with Crippen LogP contribution in [0.5, 0.6) is 0 Å². The molecule has 2 nitrogen and oxygen atoms in total. The maximum atomic E-state index is 5.23. The lowest BCUT2D eigenvalue weighted by molar-refractivity contribution is 0.441. The molecule has 2 atom stereocenters. The highest BCUT2D eigenvalue weighted by atomic mass is 127. The maximum Gasteiger partial charge on any atom is 0.0849 e. The molecule has 2 bridgehead atoms. The largest absolute Gasteiger partial charge is 0.251 e. The van der Waals surface area contributed by atoms with Crippen molar-refractivity contribution in [2.24, 2.45) is 0 Å². The monoisotopic (exact) mass is 826 g/mol. The topological polar surface area (TPSA) is 25.8 Å². The molecule has 144 valence electrons. The molecule has 0 aliphatic heterocycles. The summed E-state index contributed by atoms with van der Waals surface area (Å²) in [4.78, 5) is 10.5. The fourth-order valence-corrected chi connectivity index (χ4v) is 7.35. The van der Waals surface area contributed by atoms with Gasteiger partial charge in [0.2, 0.25) is 0 Å². The van der Waals surface area contributed by atoms with Crippen molar-refractivity contribution < 1.29 is 0 Å². The summed E-state index contributed by atoms with van der Waals surface area (Å²) >= 11 is 9.74. The van der Waals surface area contributed by atoms with Crippen molar-refractivity contribution in [1.82, 2.24) is 9.97 Å². The number of fused-ring (bicyclic) bond motifs is 8. The zero-order valence-electron chi connectivity index (χ0n) is 15.1. The van der Waals surface area contributed by atoms with Crippen molar-refractivity contribution in [2.45, 2.75) is 31.1 Å². The smallest absolute Gasteiger partial charge is 0.0849 e. The minimum atomic E-state index is 0.508. The van der Waals surface area contributed by atoms with Gasteiger partial charge in [0.25, 0.3) is 0 Å². The Balaban J connectivity index is 1.55. The fraction of sp³-hybridized carbons (Fsp3) is 0.217. The first-order valence-electron chi connectivity index (χ1n) is 9.54. The molecule has 6 rings (SSSR count). The first-order valence-corrected chi connectivity index (χ1v) is 13.9. The van der Waals surface area contributed by atoms with E-state index in [2.05, 4.69) is 127 Å². The third-order valence-corrected chi connectivity index (χ3v) is 9.89. The number of benzene rings is 2. The second kappa shape index (κ2) is 7.36. The average Bonchev–Trinajstić information content (AvgIpc) is 2.72. The van der Waals surface area contributed by atoms with E-state index in [4.69, 9.17) is 9.97 Å². The number of aromatic nitrogens is 2. The predicted octanol–water partition coefficient (Wildman–Crippen LogP) is 7.57. The minimum Gasteiger partial charge on any atom is -0.251 e. The van der Waals surface area contributed by atoms with Crippen molar-refractivity contribution >= 4 is 112 Å². The van der Waals surface area contributed by atoms with Gasteiger partial charge in [0.05, 0.1) is 11.0 Å². The number of halogens is 4. The molecule has 4 aromatic rings. The molecule has 2 aromatic carbocycles. The predicted molar refractivity (Wildman–Crippen MR) is 152 cm³/mol. The highest BCUT2D eigenvalue weighted by Crippen LogP contribution is 2.47. The van der Waals surface area contributed by atoms with Crippen LogP contribution < -0.4 is 0 Å². The molecule has 2 aliphatic carbocycles. The Bertz CT molecular complexity index is 1250. The summed E-state index contributed by atoms with van der Waals surface area (Å²) < 4.78 is 5.07. The molecule has 0 fully saturated rings. The van der Waals surface area contributed by atoms with E-state index in [1.54, 1.807) is 0 Å². The van der Waals surface area contributed by atoms with Crippen LogP contribution >= 0.6 is 90.4 Å². The van der Waals surface area contributed by atoms with E-state index in [0.29, 0.717) is 11.8 Å². The van der Waals surface area contributed by atoms with Crippen LogP contribution in [0, 0.1) is 14.3 Å². The van der Waals surface area contributed by atoms with Gasteiger partial charge in [-0.25, -0.2) is 0 Å². The van der Waals surface area contributed by atoms with Gasteiger partial charge in [-0.3, -0.25) is 9.97 Å². The van der Waals surface area contributed by atoms with Gasteiger partial charge in [-0.15, -0.1) is 0 Å². The van der Waals surface area contributed by atoms with Gasteiger partial charge >= 0.3 is 0 Å². The zero-order valence-corrected chi connectivity index (χ0v) is 23.8. The van der Waals surface area contributed by atoms with E-state index in [9.17, 15) is 0 Å². The molecule has 2 aliphatic rings. The number of nitrogens with zero attached hydrogens (tertiary/aromatic N) is 2. The number of hydrogen-bond acceptors (Lipinski definition) is 2. The van der Waals surface area contributed by atoms with Crippen LogP contribution in [-0.4, -0.2) is 9.97 Å². The second-order valence-corrected chi connectivity index (χ2v) is 12.6. The molecule has 0 spiro atoms. The van der Waals surface area contributed by atoms with Crippen molar-refractivity contribution in [3.63, 3.8) is 0 Å². The molecule has 0 N–H and O–H groups in total. The van der Waals surface area contributed by atoms with Crippen LogP contribution in [0.25, 0.3) is 21.8 Å². The van der Waals surface area contributed by atoms with Crippen molar-refractivity contribution in [2.75, 3.05) is 0 Å². The quantitative estimate of drug-likeness (QED) is 0.171. The van der Waals surface area contributed by atoms with Crippen molar-refractivity contribution in [3.8, 4) is 0 Å². The van der Waals surface area contributed by atoms with E-state index in [1.807, 2.05) is 0 Å². The van der Waals surface area contributed by atoms with E-state index >= 15 is 0 Å². The summed E-state index contributed by atoms with van der Waals surface area (Å²) in [6.45, 7) is 0. The highest BCUT2D eigenvalue weighted by molar-refractivity contribution is 14.1. The van der Waals surface area contributed by atoms with Gasteiger partial charge in [0.1, 0.15) is 0 Å². The molecular formula is C23H14I4N2. The lowest BCUT2D eigenvalue weighted by Gasteiger charge is -2.36. The molecule has 0 radical (unpaired) electrons. The zero-order chi connectivity index (χ0) is 19.9. The Labute approximate surface area is 223 Å². The van der Waals surface area contributed by atoms with E-state index in [1.165, 1.54) is 65.0 Å². The summed E-state index contributed by atoms with van der Waals surface area (Å²) in [6, 6.07) is 13.6. The number of hydrogen-bond donors (Lipinski definition) is 0. The Morgan fingerprint density at radius 2 is 1.03 bits per heavy atom. The lowest BCUT2D eigenvalue weighted by Crippen LogP contribution is -2.27. The van der Waals surface area contributed by atoms with Gasteiger partial charge in [0.15, 0.2) is 0 Å². The second-order valence-electron chi connectivity index (χ2n) is 7.95. The third-order valence-electron chi connectivity index (χ3n) is 6.26. The molecular weight excluding hydrogens is 812 g/mol. The van der Waals surface area contributed by atoms with Gasteiger partial charge in [-0.1, -0.05) is 0 Å². The Morgan fingerprint density at radius 1 is 0.621 bits per heavy atom. The first-order chi connectivity index (χ1) is 14.0. The average molecular weight is 826 g/mol. The summed E-state index contributed by atoms with van der Waals surface area (Å²) in [7, 11) is 0. The normalized spacial score (nSPS) is 20.0. The van der Waals surface area contributed by atoms with Crippen molar-refractivity contribution in [1.29, 1.82) is 0 Å². The van der Waals surface area contributed by atoms with Crippen LogP contribution in [0.2, 0.25) is 0 Å². The molecule has 2 aromatic heterocycles. The SMILES string of the molecule is Ic1ccc(I)c2nc3c(cc12)C[C@H]1C[C@@H]3Cc2cc3c(I)ccc(I)c3nc21. The summed E-state index contributed by atoms with van der Waals surface area (Å²) in [6.07, 6.45) is 3.29. The maximum absolute atomic E-state index is 5.23. The lowest BCUT2D eigenvalue weighted by atomic mass is 9.70. The first kappa shape index (κ1) is 19.8. The molecule has 2 heterocycles. The number of rotatable bonds is 0. The highest BCUT2D eigenvalue weighted by Gasteiger charge is 2.36. The summed E-state index contributed by atoms with van der Waals surface area (Å²) in [5.41, 5.74) is 7.86. The van der Waals surface area contributed by atoms with Crippen molar-refractivity contribution in [3.05, 3.63) is 73.2 Å². The molecule has 0 unspecified atom stereocenters. The van der Waals surface area contributed by atoms with Gasteiger partial charge in [0, 0.05) is 48.3 Å². The molecule has 6 heteroatoms. The summed E-state index contributed by atoms with van der Waals surface area (Å²) in [5.74, 6) is 1.02. The van der Waals surface area contributed by atoms with E-state index in [-0.39, 0.29) is 0 Å². The van der Waals surface area contributed by atoms with Crippen LogP contribution in [0.4, 0.5) is 0 Å². The molecule has 0 saturated carbocycles.